The van der Waals surface area contributed by atoms with Gasteiger partial charge in [-0.15, -0.1) is 0 Å². The zero-order valence-electron chi connectivity index (χ0n) is 37.8. The quantitative estimate of drug-likeness (QED) is 0.133. The lowest BCUT2D eigenvalue weighted by atomic mass is 9.86. The Morgan fingerprint density at radius 1 is 0.275 bits per heavy atom. The molecule has 0 aliphatic rings. The first-order chi connectivity index (χ1) is 34.1. The van der Waals surface area contributed by atoms with Crippen LogP contribution in [0.15, 0.2) is 224 Å². The molecule has 2 heteroatoms. The van der Waals surface area contributed by atoms with Crippen molar-refractivity contribution < 1.29 is 5.11 Å². The molecule has 0 saturated heterocycles. The summed E-state index contributed by atoms with van der Waals surface area (Å²) in [6, 6.07) is 82.3. The van der Waals surface area contributed by atoms with E-state index < -0.39 is 0 Å². The van der Waals surface area contributed by atoms with Crippen LogP contribution >= 0.6 is 0 Å². The second-order valence-electron chi connectivity index (χ2n) is 18.9. The largest absolute Gasteiger partial charge is 0.508 e. The van der Waals surface area contributed by atoms with E-state index >= 15 is 0 Å². The van der Waals surface area contributed by atoms with Gasteiger partial charge < -0.3 is 10.0 Å². The lowest BCUT2D eigenvalue weighted by Gasteiger charge is -2.27. The van der Waals surface area contributed by atoms with Gasteiger partial charge in [-0.05, 0) is 174 Å². The van der Waals surface area contributed by atoms with Crippen molar-refractivity contribution in [3.63, 3.8) is 0 Å². The normalized spacial score (nSPS) is 12.2. The van der Waals surface area contributed by atoms with Crippen molar-refractivity contribution in [1.82, 2.24) is 0 Å². The zero-order valence-corrected chi connectivity index (χ0v) is 37.8. The summed E-state index contributed by atoms with van der Waals surface area (Å²) in [5, 5.41) is 33.6. The van der Waals surface area contributed by atoms with Crippen molar-refractivity contribution in [2.75, 3.05) is 4.90 Å². The third kappa shape index (κ3) is 5.26. The van der Waals surface area contributed by atoms with Crippen molar-refractivity contribution in [3.05, 3.63) is 230 Å². The molecule has 69 heavy (non-hydrogen) atoms. The molecular weight excluding hydrogens is 835 g/mol. The van der Waals surface area contributed by atoms with Crippen LogP contribution in [0.1, 0.15) is 5.56 Å². The van der Waals surface area contributed by atoms with E-state index in [2.05, 4.69) is 212 Å². The lowest BCUT2D eigenvalue weighted by molar-refractivity contribution is 0.475. The number of aryl methyl sites for hydroxylation is 1. The number of fused-ring (bicyclic) bond motifs is 8. The predicted molar refractivity (Wildman–Crippen MR) is 295 cm³/mol. The van der Waals surface area contributed by atoms with E-state index in [0.717, 1.165) is 17.1 Å². The smallest absolute Gasteiger partial charge is 0.115 e. The van der Waals surface area contributed by atoms with Gasteiger partial charge in [0.05, 0.1) is 5.69 Å². The molecule has 0 aliphatic carbocycles. The lowest BCUT2D eigenvalue weighted by Crippen LogP contribution is -2.10. The van der Waals surface area contributed by atoms with Crippen LogP contribution in [-0.2, 0) is 0 Å². The van der Waals surface area contributed by atoms with Crippen LogP contribution in [0, 0.1) is 6.92 Å². The Hall–Kier alpha value is -8.98. The molecule has 0 bridgehead atoms. The Bertz CT molecular complexity index is 4310. The van der Waals surface area contributed by atoms with Gasteiger partial charge in [0.15, 0.2) is 0 Å². The van der Waals surface area contributed by atoms with Gasteiger partial charge in [-0.2, -0.15) is 0 Å². The molecule has 320 valence electrons. The molecule has 0 fully saturated rings. The third-order valence-electron chi connectivity index (χ3n) is 15.2. The van der Waals surface area contributed by atoms with Crippen LogP contribution in [0.2, 0.25) is 0 Å². The van der Waals surface area contributed by atoms with Crippen LogP contribution in [0.3, 0.4) is 0 Å². The van der Waals surface area contributed by atoms with E-state index in [1.54, 1.807) is 12.1 Å². The van der Waals surface area contributed by atoms with E-state index in [1.807, 2.05) is 12.1 Å². The third-order valence-corrected chi connectivity index (χ3v) is 15.2. The Kier molecular flexibility index (Phi) is 7.89. The van der Waals surface area contributed by atoms with Crippen molar-refractivity contribution in [2.45, 2.75) is 6.92 Å². The van der Waals surface area contributed by atoms with Gasteiger partial charge in [0.25, 0.3) is 0 Å². The molecule has 15 rings (SSSR count). The molecular formula is C67H41NO. The van der Waals surface area contributed by atoms with Gasteiger partial charge in [0.2, 0.25) is 0 Å². The number of phenols is 1. The van der Waals surface area contributed by atoms with Gasteiger partial charge in [-0.1, -0.05) is 188 Å². The number of anilines is 3. The molecule has 2 nitrogen and oxygen atoms in total. The maximum Gasteiger partial charge on any atom is 0.115 e. The predicted octanol–water partition coefficient (Wildman–Crippen LogP) is 18.9. The monoisotopic (exact) mass is 875 g/mol. The molecule has 0 atom stereocenters. The first-order valence-electron chi connectivity index (χ1n) is 23.9. The Balaban J connectivity index is 1.12. The Labute approximate surface area is 398 Å². The first kappa shape index (κ1) is 38.2. The second-order valence-corrected chi connectivity index (χ2v) is 18.9. The molecule has 0 aromatic heterocycles. The first-order valence-corrected chi connectivity index (χ1v) is 23.9. The van der Waals surface area contributed by atoms with Crippen molar-refractivity contribution in [3.8, 4) is 39.1 Å². The van der Waals surface area contributed by atoms with Gasteiger partial charge in [0.1, 0.15) is 5.75 Å². The highest BCUT2D eigenvalue weighted by Crippen LogP contribution is 2.58. The van der Waals surface area contributed by atoms with Crippen LogP contribution < -0.4 is 4.90 Å². The summed E-state index contributed by atoms with van der Waals surface area (Å²) < 4.78 is 0. The van der Waals surface area contributed by atoms with E-state index in [-0.39, 0.29) is 5.75 Å². The zero-order chi connectivity index (χ0) is 45.5. The number of aromatic hydroxyl groups is 1. The Morgan fingerprint density at radius 3 is 1.26 bits per heavy atom. The molecule has 0 amide bonds. The van der Waals surface area contributed by atoms with Crippen LogP contribution in [0.4, 0.5) is 17.1 Å². The fourth-order valence-corrected chi connectivity index (χ4v) is 12.4. The molecule has 15 aromatic rings. The molecule has 0 spiro atoms. The average Bonchev–Trinajstić information content (AvgIpc) is 3.92. The van der Waals surface area contributed by atoms with Crippen LogP contribution in [-0.4, -0.2) is 5.11 Å². The summed E-state index contributed by atoms with van der Waals surface area (Å²) in [5.41, 5.74) is 11.8. The maximum atomic E-state index is 10.4. The summed E-state index contributed by atoms with van der Waals surface area (Å²) in [6.07, 6.45) is 0. The molecule has 0 aliphatic heterocycles. The number of nitrogens with zero attached hydrogens (tertiary/aromatic N) is 1. The van der Waals surface area contributed by atoms with Crippen LogP contribution in [0.25, 0.3) is 130 Å². The number of benzene rings is 13. The highest BCUT2D eigenvalue weighted by atomic mass is 16.3. The van der Waals surface area contributed by atoms with Gasteiger partial charge in [-0.3, -0.25) is 0 Å². The number of hydrogen-bond donors (Lipinski definition) is 1. The standard InChI is InChI=1S/C67H41NO/c1-39-23-25-43(26-24-39)68(44-27-29-45(69)30-28-44)57-38-37-54-61-52(57)21-12-22-53(61)64-58(41-15-7-3-8-16-41)66-55-35-33-50-48-20-11-19-47-46(40-13-5-2-6-14-40)31-32-49(60(47)48)51-34-36-56(63(55)62(50)51)67(66)59(65(54)64)42-17-9-4-10-18-42/h2-38,69H,1H3. The maximum absolute atomic E-state index is 10.4. The SMILES string of the molecule is Cc1ccc(N(c2ccc(O)cc2)c2ccc3c4c(-c5ccccc5)c5c6ccc7c8ccc(-c9ccccc9)c9cccc(c%10ccc(c5c(-c5ccccc5)c4c4cccc2c43)c6c%107)c98)cc1. The summed E-state index contributed by atoms with van der Waals surface area (Å²) in [5.74, 6) is 0.245. The van der Waals surface area contributed by atoms with Gasteiger partial charge >= 0.3 is 0 Å². The molecule has 0 unspecified atom stereocenters. The molecule has 0 saturated carbocycles. The average molecular weight is 876 g/mol. The summed E-state index contributed by atoms with van der Waals surface area (Å²) >= 11 is 0. The minimum Gasteiger partial charge on any atom is -0.508 e. The molecule has 0 heterocycles. The minimum absolute atomic E-state index is 0.245. The fraction of sp³-hybridized carbons (Fsp3) is 0.0149. The summed E-state index contributed by atoms with van der Waals surface area (Å²) in [6.45, 7) is 2.13. The number of phenolic OH excluding ortho intramolecular Hbond substituents is 1. The van der Waals surface area contributed by atoms with E-state index in [4.69, 9.17) is 0 Å². The second kappa shape index (κ2) is 14.3. The number of hydrogen-bond acceptors (Lipinski definition) is 2. The van der Waals surface area contributed by atoms with E-state index in [1.165, 1.54) is 136 Å². The Morgan fingerprint density at radius 2 is 0.667 bits per heavy atom. The summed E-state index contributed by atoms with van der Waals surface area (Å²) in [4.78, 5) is 2.33. The van der Waals surface area contributed by atoms with E-state index in [0.29, 0.717) is 0 Å². The molecule has 15 aromatic carbocycles. The topological polar surface area (TPSA) is 23.5 Å². The minimum atomic E-state index is 0.245. The van der Waals surface area contributed by atoms with Crippen molar-refractivity contribution >= 4 is 114 Å². The highest BCUT2D eigenvalue weighted by molar-refractivity contribution is 6.49. The molecule has 0 radical (unpaired) electrons. The van der Waals surface area contributed by atoms with Gasteiger partial charge in [-0.25, -0.2) is 0 Å². The van der Waals surface area contributed by atoms with Crippen molar-refractivity contribution in [2.24, 2.45) is 0 Å². The fourth-order valence-electron chi connectivity index (χ4n) is 12.4. The summed E-state index contributed by atoms with van der Waals surface area (Å²) in [7, 11) is 0. The number of rotatable bonds is 6. The van der Waals surface area contributed by atoms with Gasteiger partial charge in [0, 0.05) is 16.8 Å². The van der Waals surface area contributed by atoms with Crippen molar-refractivity contribution in [1.29, 1.82) is 0 Å². The van der Waals surface area contributed by atoms with Crippen LogP contribution in [0.5, 0.6) is 5.75 Å². The van der Waals surface area contributed by atoms with E-state index in [9.17, 15) is 5.11 Å². The highest BCUT2D eigenvalue weighted by Gasteiger charge is 2.30. The molecule has 1 N–H and O–H groups in total.